The van der Waals surface area contributed by atoms with Crippen LogP contribution in [0.2, 0.25) is 0 Å². The van der Waals surface area contributed by atoms with E-state index in [2.05, 4.69) is 38.2 Å². The maximum Gasteiger partial charge on any atom is 1.00 e. The minimum absolute atomic E-state index is 0. The van der Waals surface area contributed by atoms with Crippen LogP contribution in [0.3, 0.4) is 0 Å². The molecule has 274 valence electrons. The van der Waals surface area contributed by atoms with Crippen LogP contribution in [-0.4, -0.2) is 38.1 Å². The predicted octanol–water partition coefficient (Wildman–Crippen LogP) is 8.42. The van der Waals surface area contributed by atoms with Gasteiger partial charge >= 0.3 is 41.5 Å². The number of allylic oxidation sites excluding steroid dienone is 4. The van der Waals surface area contributed by atoms with Crippen molar-refractivity contribution < 1.29 is 61.6 Å². The van der Waals surface area contributed by atoms with Gasteiger partial charge in [0.05, 0.1) is 29.2 Å². The van der Waals surface area contributed by atoms with Crippen LogP contribution in [0.4, 0.5) is 0 Å². The van der Waals surface area contributed by atoms with E-state index in [-0.39, 0.29) is 53.9 Å². The number of rotatable bonds is 31. The number of unbranched alkanes of at least 4 members (excludes halogenated alkanes) is 20. The Morgan fingerprint density at radius 2 is 0.898 bits per heavy atom. The van der Waals surface area contributed by atoms with Crippen molar-refractivity contribution in [1.82, 2.24) is 0 Å². The van der Waals surface area contributed by atoms with Crippen LogP contribution in [0, 0.1) is 0 Å². The molecular formula is C40H65NaO7S. The molecular weight excluding hydrogens is 647 g/mol. The molecule has 0 bridgehead atoms. The largest absolute Gasteiger partial charge is 1.00 e. The standard InChI is InChI=1S/C40H66O7S.Na/c1-3-5-7-9-11-13-15-17-19-21-23-25-27-29-33-46-39(41)37-32-31-36(48(43,44)45)35-38(37)40(42)47-34-30-28-26-24-22-20-18-16-14-12-10-8-6-4-2;/h19-22,31-32,35H,3-18,23-30,33-34H2,1-2H3,(H,43,44,45);/q;+1/p-1/b21-19+,22-20+;. The summed E-state index contributed by atoms with van der Waals surface area (Å²) < 4.78 is 45.5. The first-order chi connectivity index (χ1) is 23.3. The third-order valence-electron chi connectivity index (χ3n) is 8.50. The molecule has 1 rings (SSSR count). The van der Waals surface area contributed by atoms with Gasteiger partial charge in [0, 0.05) is 0 Å². The fraction of sp³-hybridized carbons (Fsp3) is 0.700. The van der Waals surface area contributed by atoms with Crippen molar-refractivity contribution in [2.45, 2.75) is 173 Å². The molecule has 0 heterocycles. The molecule has 1 aromatic rings. The van der Waals surface area contributed by atoms with Gasteiger partial charge in [-0.3, -0.25) is 0 Å². The molecule has 49 heavy (non-hydrogen) atoms. The van der Waals surface area contributed by atoms with Crippen LogP contribution in [0.15, 0.2) is 47.4 Å². The summed E-state index contributed by atoms with van der Waals surface area (Å²) in [5.74, 6) is -1.58. The molecule has 0 atom stereocenters. The van der Waals surface area contributed by atoms with Gasteiger partial charge in [-0.1, -0.05) is 115 Å². The van der Waals surface area contributed by atoms with E-state index >= 15 is 0 Å². The number of hydrogen-bond acceptors (Lipinski definition) is 7. The average molecular weight is 713 g/mol. The van der Waals surface area contributed by atoms with Gasteiger partial charge in [-0.05, 0) is 95.2 Å². The summed E-state index contributed by atoms with van der Waals surface area (Å²) in [6.45, 7) is 4.80. The Hall–Kier alpha value is -1.45. The molecule has 1 aromatic carbocycles. The molecule has 9 heteroatoms. The molecule has 0 aliphatic carbocycles. The zero-order chi connectivity index (χ0) is 35.1. The van der Waals surface area contributed by atoms with Gasteiger partial charge in [-0.15, -0.1) is 0 Å². The van der Waals surface area contributed by atoms with Crippen LogP contribution in [0.5, 0.6) is 0 Å². The molecule has 0 aliphatic heterocycles. The molecule has 0 fully saturated rings. The maximum atomic E-state index is 12.9. The minimum atomic E-state index is -4.82. The summed E-state index contributed by atoms with van der Waals surface area (Å²) in [6, 6.07) is 3.09. The first-order valence-electron chi connectivity index (χ1n) is 19.0. The predicted molar refractivity (Wildman–Crippen MR) is 195 cm³/mol. The molecule has 0 aromatic heterocycles. The van der Waals surface area contributed by atoms with Crippen molar-refractivity contribution in [2.75, 3.05) is 13.2 Å². The quantitative estimate of drug-likeness (QED) is 0.0250. The van der Waals surface area contributed by atoms with Crippen LogP contribution >= 0.6 is 0 Å². The number of carbonyl (C=O) groups excluding carboxylic acids is 2. The van der Waals surface area contributed by atoms with Crippen LogP contribution in [0.25, 0.3) is 0 Å². The van der Waals surface area contributed by atoms with E-state index in [0.29, 0.717) is 12.8 Å². The van der Waals surface area contributed by atoms with E-state index in [9.17, 15) is 22.6 Å². The molecule has 7 nitrogen and oxygen atoms in total. The topological polar surface area (TPSA) is 110 Å². The molecule has 0 radical (unpaired) electrons. The van der Waals surface area contributed by atoms with E-state index in [1.54, 1.807) is 0 Å². The number of benzene rings is 1. The van der Waals surface area contributed by atoms with Gasteiger partial charge in [0.1, 0.15) is 10.1 Å². The van der Waals surface area contributed by atoms with E-state index in [0.717, 1.165) is 69.6 Å². The summed E-state index contributed by atoms with van der Waals surface area (Å²) >= 11 is 0. The summed E-state index contributed by atoms with van der Waals surface area (Å²) in [6.07, 6.45) is 36.6. The van der Waals surface area contributed by atoms with Gasteiger partial charge < -0.3 is 14.0 Å². The van der Waals surface area contributed by atoms with E-state index in [1.807, 2.05) is 0 Å². The van der Waals surface area contributed by atoms with E-state index < -0.39 is 27.0 Å². The Kier molecular flexibility index (Phi) is 31.5. The van der Waals surface area contributed by atoms with Gasteiger partial charge in [-0.25, -0.2) is 18.0 Å². The summed E-state index contributed by atoms with van der Waals surface area (Å²) in [4.78, 5) is 25.1. The van der Waals surface area contributed by atoms with Crippen molar-refractivity contribution in [3.05, 3.63) is 53.6 Å². The number of hydrogen-bond donors (Lipinski definition) is 0. The average Bonchev–Trinajstić information content (AvgIpc) is 3.07. The monoisotopic (exact) mass is 712 g/mol. The SMILES string of the molecule is CCCCCCCCC/C=C/CCCCCOC(=O)c1ccc(S(=O)(=O)[O-])cc1C(=O)OCCCCC/C=C/CCCCCCCCC.[Na+]. The molecule has 0 unspecified atom stereocenters. The van der Waals surface area contributed by atoms with Crippen molar-refractivity contribution in [3.63, 3.8) is 0 Å². The van der Waals surface area contributed by atoms with Gasteiger partial charge in [0.15, 0.2) is 0 Å². The number of esters is 2. The van der Waals surface area contributed by atoms with E-state index in [4.69, 9.17) is 9.47 Å². The first kappa shape index (κ1) is 47.5. The third kappa shape index (κ3) is 26.1. The maximum absolute atomic E-state index is 12.9. The second-order valence-electron chi connectivity index (χ2n) is 12.9. The van der Waals surface area contributed by atoms with Crippen molar-refractivity contribution in [1.29, 1.82) is 0 Å². The Morgan fingerprint density at radius 3 is 1.29 bits per heavy atom. The minimum Gasteiger partial charge on any atom is -0.744 e. The van der Waals surface area contributed by atoms with Gasteiger partial charge in [-0.2, -0.15) is 0 Å². The Balaban J connectivity index is 0.0000230. The summed E-state index contributed by atoms with van der Waals surface area (Å²) in [7, 11) is -4.82. The third-order valence-corrected chi connectivity index (χ3v) is 9.33. The molecule has 0 saturated heterocycles. The van der Waals surface area contributed by atoms with Gasteiger partial charge in [0.25, 0.3) is 0 Å². The molecule has 0 amide bonds. The number of carbonyl (C=O) groups is 2. The van der Waals surface area contributed by atoms with Crippen molar-refractivity contribution in [2.24, 2.45) is 0 Å². The van der Waals surface area contributed by atoms with Gasteiger partial charge in [0.2, 0.25) is 0 Å². The van der Waals surface area contributed by atoms with Crippen molar-refractivity contribution in [3.8, 4) is 0 Å². The molecule has 0 N–H and O–H groups in total. The summed E-state index contributed by atoms with van der Waals surface area (Å²) in [5.41, 5.74) is -0.372. The van der Waals surface area contributed by atoms with Crippen LogP contribution in [-0.2, 0) is 19.6 Å². The van der Waals surface area contributed by atoms with Crippen LogP contribution < -0.4 is 29.6 Å². The molecule has 0 spiro atoms. The second kappa shape index (κ2) is 32.5. The number of ether oxygens (including phenoxy) is 2. The zero-order valence-electron chi connectivity index (χ0n) is 31.2. The van der Waals surface area contributed by atoms with Crippen LogP contribution in [0.1, 0.15) is 189 Å². The smallest absolute Gasteiger partial charge is 0.744 e. The molecule has 0 aliphatic rings. The summed E-state index contributed by atoms with van der Waals surface area (Å²) in [5, 5.41) is 0. The Bertz CT molecular complexity index is 1150. The van der Waals surface area contributed by atoms with Crippen molar-refractivity contribution >= 4 is 22.1 Å². The fourth-order valence-corrected chi connectivity index (χ4v) is 6.00. The Labute approximate surface area is 321 Å². The van der Waals surface area contributed by atoms with E-state index in [1.165, 1.54) is 89.9 Å². The second-order valence-corrected chi connectivity index (χ2v) is 14.3. The zero-order valence-corrected chi connectivity index (χ0v) is 34.0. The molecule has 0 saturated carbocycles. The normalized spacial score (nSPS) is 11.7. The Morgan fingerprint density at radius 1 is 0.551 bits per heavy atom. The first-order valence-corrected chi connectivity index (χ1v) is 20.5. The fourth-order valence-electron chi connectivity index (χ4n) is 5.50.